The minimum atomic E-state index is 0. The number of hydrogen-bond acceptors (Lipinski definition) is 3. The first-order valence-corrected chi connectivity index (χ1v) is 12.3. The average Bonchev–Trinajstić information content (AvgIpc) is 2.90. The Morgan fingerprint density at radius 3 is 1.97 bits per heavy atom. The zero-order valence-electron chi connectivity index (χ0n) is 20.6. The van der Waals surface area contributed by atoms with Crippen molar-refractivity contribution >= 4 is 41.4 Å². The Hall–Kier alpha value is -2.59. The largest absolute Gasteiger partial charge is 0.371 e. The van der Waals surface area contributed by atoms with Crippen molar-refractivity contribution in [2.75, 3.05) is 31.1 Å². The van der Waals surface area contributed by atoms with Crippen LogP contribution in [0.15, 0.2) is 84.9 Å². The topological polar surface area (TPSA) is 19.4 Å². The maximum absolute atomic E-state index is 5.04. The molecular weight excluding hydrogens is 473 g/mol. The van der Waals surface area contributed by atoms with Gasteiger partial charge in [-0.05, 0) is 49.2 Å². The van der Waals surface area contributed by atoms with Crippen LogP contribution in [0.2, 0.25) is 0 Å². The minimum Gasteiger partial charge on any atom is -0.371 e. The summed E-state index contributed by atoms with van der Waals surface area (Å²) in [6, 6.07) is 31.0. The van der Waals surface area contributed by atoms with E-state index in [-0.39, 0.29) is 24.8 Å². The second-order valence-corrected chi connectivity index (χ2v) is 8.93. The van der Waals surface area contributed by atoms with Gasteiger partial charge >= 0.3 is 0 Å². The number of rotatable bonds is 6. The van der Waals surface area contributed by atoms with Gasteiger partial charge in [0.15, 0.2) is 0 Å². The fourth-order valence-electron chi connectivity index (χ4n) is 5.24. The Labute approximate surface area is 222 Å². The van der Waals surface area contributed by atoms with E-state index in [1.165, 1.54) is 40.6 Å². The van der Waals surface area contributed by atoms with Crippen molar-refractivity contribution in [2.45, 2.75) is 32.7 Å². The lowest BCUT2D eigenvalue weighted by molar-refractivity contribution is 0.186. The monoisotopic (exact) mass is 507 g/mol. The van der Waals surface area contributed by atoms with Crippen molar-refractivity contribution in [3.8, 4) is 22.4 Å². The second-order valence-electron chi connectivity index (χ2n) is 8.93. The molecule has 0 unspecified atom stereocenters. The van der Waals surface area contributed by atoms with Gasteiger partial charge in [-0.3, -0.25) is 0 Å². The smallest absolute Gasteiger partial charge is 0.0730 e. The van der Waals surface area contributed by atoms with Crippen LogP contribution in [0, 0.1) is 0 Å². The predicted octanol–water partition coefficient (Wildman–Crippen LogP) is 7.72. The molecule has 35 heavy (non-hydrogen) atoms. The molecule has 1 saturated heterocycles. The van der Waals surface area contributed by atoms with Gasteiger partial charge in [0, 0.05) is 35.8 Å². The third-order valence-electron chi connectivity index (χ3n) is 7.12. The number of anilines is 1. The molecule has 3 aromatic carbocycles. The summed E-state index contributed by atoms with van der Waals surface area (Å²) < 4.78 is 0. The Balaban J connectivity index is 0.00000171. The highest BCUT2D eigenvalue weighted by Crippen LogP contribution is 2.33. The van der Waals surface area contributed by atoms with Crippen LogP contribution in [-0.4, -0.2) is 42.1 Å². The normalized spacial score (nSPS) is 14.0. The highest BCUT2D eigenvalue weighted by molar-refractivity contribution is 5.94. The molecule has 1 aromatic heterocycles. The van der Waals surface area contributed by atoms with Crippen molar-refractivity contribution in [1.82, 2.24) is 9.88 Å². The molecule has 0 N–H and O–H groups in total. The number of fused-ring (bicyclic) bond motifs is 1. The number of piperidine rings is 1. The van der Waals surface area contributed by atoms with Crippen LogP contribution in [0.25, 0.3) is 33.3 Å². The van der Waals surface area contributed by atoms with Crippen LogP contribution in [0.1, 0.15) is 26.7 Å². The molecule has 0 atom stereocenters. The SMILES string of the molecule is CCN(CC)C1CCN(c2cc(-c3ccc(-c4ccccc4)cc3)nc3ccccc23)CC1.Cl.Cl. The van der Waals surface area contributed by atoms with Gasteiger partial charge in [0.25, 0.3) is 0 Å². The molecule has 1 aliphatic heterocycles. The maximum Gasteiger partial charge on any atom is 0.0730 e. The quantitative estimate of drug-likeness (QED) is 0.266. The molecule has 1 aliphatic rings. The standard InChI is InChI=1S/C30H33N3.2ClH/c1-3-32(4-2)26-18-20-33(21-19-26)30-22-29(31-28-13-9-8-12-27(28)30)25-16-14-24(15-17-25)23-10-6-5-7-11-23;;/h5-17,22,26H,3-4,18-21H2,1-2H3;2*1H. The van der Waals surface area contributed by atoms with Gasteiger partial charge in [0.05, 0.1) is 11.2 Å². The van der Waals surface area contributed by atoms with E-state index in [4.69, 9.17) is 4.98 Å². The molecule has 0 bridgehead atoms. The zero-order valence-corrected chi connectivity index (χ0v) is 22.2. The van der Waals surface area contributed by atoms with E-state index in [0.29, 0.717) is 6.04 Å². The first-order chi connectivity index (χ1) is 16.3. The number of hydrogen-bond donors (Lipinski definition) is 0. The van der Waals surface area contributed by atoms with E-state index in [9.17, 15) is 0 Å². The molecule has 184 valence electrons. The van der Waals surface area contributed by atoms with Gasteiger partial charge in [0.2, 0.25) is 0 Å². The summed E-state index contributed by atoms with van der Waals surface area (Å²) in [5.41, 5.74) is 7.09. The van der Waals surface area contributed by atoms with E-state index in [1.54, 1.807) is 0 Å². The van der Waals surface area contributed by atoms with E-state index >= 15 is 0 Å². The fraction of sp³-hybridized carbons (Fsp3) is 0.300. The average molecular weight is 509 g/mol. The summed E-state index contributed by atoms with van der Waals surface area (Å²) in [5, 5.41) is 1.25. The lowest BCUT2D eigenvalue weighted by atomic mass is 9.99. The van der Waals surface area contributed by atoms with Gasteiger partial charge < -0.3 is 9.80 Å². The van der Waals surface area contributed by atoms with Gasteiger partial charge in [-0.1, -0.05) is 86.6 Å². The zero-order chi connectivity index (χ0) is 22.6. The fourth-order valence-corrected chi connectivity index (χ4v) is 5.24. The third-order valence-corrected chi connectivity index (χ3v) is 7.12. The van der Waals surface area contributed by atoms with Crippen LogP contribution < -0.4 is 4.90 Å². The number of pyridine rings is 1. The van der Waals surface area contributed by atoms with E-state index in [2.05, 4.69) is 109 Å². The summed E-state index contributed by atoms with van der Waals surface area (Å²) in [4.78, 5) is 10.2. The van der Waals surface area contributed by atoms with Gasteiger partial charge in [-0.15, -0.1) is 24.8 Å². The number of benzene rings is 3. The molecule has 0 aliphatic carbocycles. The van der Waals surface area contributed by atoms with E-state index < -0.39 is 0 Å². The Morgan fingerprint density at radius 2 is 1.31 bits per heavy atom. The first kappa shape index (κ1) is 27.0. The van der Waals surface area contributed by atoms with Crippen molar-refractivity contribution in [2.24, 2.45) is 0 Å². The summed E-state index contributed by atoms with van der Waals surface area (Å²) in [7, 11) is 0. The van der Waals surface area contributed by atoms with Crippen LogP contribution in [0.4, 0.5) is 5.69 Å². The maximum atomic E-state index is 5.04. The lowest BCUT2D eigenvalue weighted by Crippen LogP contribution is -2.44. The van der Waals surface area contributed by atoms with Crippen LogP contribution in [0.5, 0.6) is 0 Å². The first-order valence-electron chi connectivity index (χ1n) is 12.3. The Bertz CT molecular complexity index is 1200. The van der Waals surface area contributed by atoms with Crippen molar-refractivity contribution in [3.63, 3.8) is 0 Å². The molecule has 0 saturated carbocycles. The second kappa shape index (κ2) is 12.4. The lowest BCUT2D eigenvalue weighted by Gasteiger charge is -2.39. The molecule has 5 heteroatoms. The van der Waals surface area contributed by atoms with Crippen LogP contribution >= 0.6 is 24.8 Å². The molecule has 4 aromatic rings. The van der Waals surface area contributed by atoms with Crippen molar-refractivity contribution < 1.29 is 0 Å². The number of aromatic nitrogens is 1. The molecule has 5 rings (SSSR count). The number of para-hydroxylation sites is 1. The van der Waals surface area contributed by atoms with Crippen molar-refractivity contribution in [3.05, 3.63) is 84.9 Å². The van der Waals surface area contributed by atoms with Gasteiger partial charge in [0.1, 0.15) is 0 Å². The highest BCUT2D eigenvalue weighted by Gasteiger charge is 2.24. The van der Waals surface area contributed by atoms with Gasteiger partial charge in [-0.2, -0.15) is 0 Å². The summed E-state index contributed by atoms with van der Waals surface area (Å²) in [6.45, 7) is 9.04. The van der Waals surface area contributed by atoms with E-state index in [1.807, 2.05) is 0 Å². The van der Waals surface area contributed by atoms with Crippen LogP contribution in [0.3, 0.4) is 0 Å². The number of halogens is 2. The molecule has 0 amide bonds. The number of nitrogens with zero attached hydrogens (tertiary/aromatic N) is 3. The molecule has 1 fully saturated rings. The Morgan fingerprint density at radius 1 is 0.743 bits per heavy atom. The highest BCUT2D eigenvalue weighted by atomic mass is 35.5. The van der Waals surface area contributed by atoms with Crippen LogP contribution in [-0.2, 0) is 0 Å². The Kier molecular flexibility index (Phi) is 9.56. The molecular formula is C30H35Cl2N3. The molecule has 2 heterocycles. The van der Waals surface area contributed by atoms with E-state index in [0.717, 1.165) is 37.4 Å². The minimum absolute atomic E-state index is 0. The van der Waals surface area contributed by atoms with Gasteiger partial charge in [-0.25, -0.2) is 4.98 Å². The molecule has 3 nitrogen and oxygen atoms in total. The summed E-state index contributed by atoms with van der Waals surface area (Å²) in [6.07, 6.45) is 2.44. The summed E-state index contributed by atoms with van der Waals surface area (Å²) in [5.74, 6) is 0. The molecule has 0 radical (unpaired) electrons. The third kappa shape index (κ3) is 5.81. The predicted molar refractivity (Wildman–Crippen MR) is 155 cm³/mol. The summed E-state index contributed by atoms with van der Waals surface area (Å²) >= 11 is 0. The van der Waals surface area contributed by atoms with Crippen molar-refractivity contribution in [1.29, 1.82) is 0 Å². The molecule has 0 spiro atoms.